The number of benzene rings is 1. The zero-order chi connectivity index (χ0) is 12.4. The van der Waals surface area contributed by atoms with Crippen molar-refractivity contribution in [1.29, 1.82) is 0 Å². The van der Waals surface area contributed by atoms with Crippen molar-refractivity contribution in [2.75, 3.05) is 0 Å². The molecule has 5 nitrogen and oxygen atoms in total. The Balaban J connectivity index is 2.12. The summed E-state index contributed by atoms with van der Waals surface area (Å²) >= 11 is 2.06. The van der Waals surface area contributed by atoms with Gasteiger partial charge in [-0.3, -0.25) is 9.59 Å². The first-order chi connectivity index (χ1) is 8.08. The van der Waals surface area contributed by atoms with Gasteiger partial charge >= 0.3 is 5.97 Å². The van der Waals surface area contributed by atoms with Gasteiger partial charge in [-0.05, 0) is 40.8 Å². The molecule has 0 aromatic heterocycles. The molecule has 1 fully saturated rings. The predicted octanol–water partition coefficient (Wildman–Crippen LogP) is 1.51. The zero-order valence-corrected chi connectivity index (χ0v) is 10.8. The zero-order valence-electron chi connectivity index (χ0n) is 8.68. The van der Waals surface area contributed by atoms with E-state index in [-0.39, 0.29) is 12.8 Å². The molecular weight excluding hydrogens is 333 g/mol. The Morgan fingerprint density at radius 1 is 1.24 bits per heavy atom. The highest BCUT2D eigenvalue weighted by atomic mass is 123. The van der Waals surface area contributed by atoms with Gasteiger partial charge in [0.2, 0.25) is 0 Å². The van der Waals surface area contributed by atoms with Crippen molar-refractivity contribution in [3.8, 4) is 0 Å². The fourth-order valence-corrected chi connectivity index (χ4v) is 1.95. The molecule has 0 saturated carbocycles. The van der Waals surface area contributed by atoms with Crippen LogP contribution < -0.4 is 0 Å². The van der Waals surface area contributed by atoms with Crippen molar-refractivity contribution in [2.24, 2.45) is 0 Å². The van der Waals surface area contributed by atoms with E-state index < -0.39 is 17.8 Å². The number of halogens is 1. The fourth-order valence-electron chi connectivity index (χ4n) is 1.41. The third kappa shape index (κ3) is 2.63. The summed E-state index contributed by atoms with van der Waals surface area (Å²) < 4.78 is 0.871. The summed E-state index contributed by atoms with van der Waals surface area (Å²) in [7, 11) is 0. The number of hydroxylamine groups is 2. The quantitative estimate of drug-likeness (QED) is 0.604. The van der Waals surface area contributed by atoms with E-state index in [9.17, 15) is 14.4 Å². The van der Waals surface area contributed by atoms with E-state index in [0.717, 1.165) is 3.57 Å². The van der Waals surface area contributed by atoms with Gasteiger partial charge in [0.15, 0.2) is 0 Å². The second kappa shape index (κ2) is 4.82. The van der Waals surface area contributed by atoms with Gasteiger partial charge in [0, 0.05) is 16.4 Å². The fraction of sp³-hybridized carbons (Fsp3) is 0.182. The summed E-state index contributed by atoms with van der Waals surface area (Å²) in [4.78, 5) is 38.9. The normalized spacial score (nSPS) is 15.2. The van der Waals surface area contributed by atoms with Crippen molar-refractivity contribution >= 4 is 40.4 Å². The van der Waals surface area contributed by atoms with Crippen LogP contribution in [0.5, 0.6) is 0 Å². The molecule has 88 valence electrons. The average Bonchev–Trinajstić information content (AvgIpc) is 2.61. The number of carbonyl (C=O) groups excluding carboxylic acids is 3. The number of nitrogens with zero attached hydrogens (tertiary/aromatic N) is 1. The minimum absolute atomic E-state index is 0.0957. The standard InChI is InChI=1S/C11H8INO4/c12-8-3-1-2-7(6-8)11(16)17-13-9(14)4-5-10(13)15/h1-3,6H,4-5H2/i12-4. The Bertz CT molecular complexity index is 484. The third-order valence-electron chi connectivity index (χ3n) is 2.24. The van der Waals surface area contributed by atoms with Crippen molar-refractivity contribution in [1.82, 2.24) is 5.06 Å². The van der Waals surface area contributed by atoms with E-state index in [4.69, 9.17) is 4.84 Å². The van der Waals surface area contributed by atoms with Crippen LogP contribution in [-0.2, 0) is 14.4 Å². The minimum atomic E-state index is -0.702. The van der Waals surface area contributed by atoms with Crippen LogP contribution >= 0.6 is 22.6 Å². The summed E-state index contributed by atoms with van der Waals surface area (Å²) in [6.07, 6.45) is 0.191. The molecule has 17 heavy (non-hydrogen) atoms. The maximum absolute atomic E-state index is 11.7. The SMILES string of the molecule is O=C(ON1C(=O)CCC1=O)c1cccc([123I])c1. The number of hydrogen-bond donors (Lipinski definition) is 0. The van der Waals surface area contributed by atoms with Gasteiger partial charge < -0.3 is 4.84 Å². The van der Waals surface area contributed by atoms with Gasteiger partial charge in [0.25, 0.3) is 11.8 Å². The smallest absolute Gasteiger partial charge is 0.325 e. The van der Waals surface area contributed by atoms with E-state index >= 15 is 0 Å². The molecular formula is C11H8INO4. The molecule has 1 aliphatic rings. The summed E-state index contributed by atoms with van der Waals surface area (Å²) in [6, 6.07) is 6.71. The van der Waals surface area contributed by atoms with Crippen molar-refractivity contribution in [2.45, 2.75) is 12.8 Å². The molecule has 0 bridgehead atoms. The lowest BCUT2D eigenvalue weighted by molar-refractivity contribution is -0.172. The Labute approximate surface area is 111 Å². The summed E-state index contributed by atoms with van der Waals surface area (Å²) in [5.41, 5.74) is 0.310. The highest BCUT2D eigenvalue weighted by Gasteiger charge is 2.33. The molecule has 6 heteroatoms. The predicted molar refractivity (Wildman–Crippen MR) is 65.7 cm³/mol. The Morgan fingerprint density at radius 2 is 1.88 bits per heavy atom. The van der Waals surface area contributed by atoms with Gasteiger partial charge in [0.1, 0.15) is 0 Å². The van der Waals surface area contributed by atoms with Crippen molar-refractivity contribution in [3.63, 3.8) is 0 Å². The minimum Gasteiger partial charge on any atom is -0.325 e. The van der Waals surface area contributed by atoms with Gasteiger partial charge in [-0.2, -0.15) is 0 Å². The van der Waals surface area contributed by atoms with Gasteiger partial charge in [-0.25, -0.2) is 4.79 Å². The van der Waals surface area contributed by atoms with Crippen LogP contribution in [0.1, 0.15) is 23.2 Å². The lowest BCUT2D eigenvalue weighted by Gasteiger charge is -2.12. The molecule has 0 N–H and O–H groups in total. The monoisotopic (exact) mass is 341 g/mol. The van der Waals surface area contributed by atoms with E-state index in [0.29, 0.717) is 10.6 Å². The Kier molecular flexibility index (Phi) is 3.41. The van der Waals surface area contributed by atoms with Crippen LogP contribution in [0, 0.1) is 3.57 Å². The molecule has 1 heterocycles. The van der Waals surface area contributed by atoms with Crippen LogP contribution in [0.4, 0.5) is 0 Å². The largest absolute Gasteiger partial charge is 0.363 e. The van der Waals surface area contributed by atoms with E-state index in [2.05, 4.69) is 22.6 Å². The van der Waals surface area contributed by atoms with Crippen LogP contribution in [0.15, 0.2) is 24.3 Å². The summed E-state index contributed by atoms with van der Waals surface area (Å²) in [5, 5.41) is 0.544. The van der Waals surface area contributed by atoms with Gasteiger partial charge in [0.05, 0.1) is 5.56 Å². The van der Waals surface area contributed by atoms with Gasteiger partial charge in [-0.1, -0.05) is 6.07 Å². The molecule has 1 saturated heterocycles. The van der Waals surface area contributed by atoms with E-state index in [1.54, 1.807) is 18.2 Å². The second-order valence-electron chi connectivity index (χ2n) is 3.47. The van der Waals surface area contributed by atoms with Crippen molar-refractivity contribution in [3.05, 3.63) is 33.4 Å². The molecule has 2 amide bonds. The molecule has 1 aromatic rings. The second-order valence-corrected chi connectivity index (χ2v) is 4.72. The molecule has 0 radical (unpaired) electrons. The van der Waals surface area contributed by atoms with Gasteiger partial charge in [-0.15, -0.1) is 5.06 Å². The summed E-state index contributed by atoms with van der Waals surface area (Å²) in [6.45, 7) is 0. The Morgan fingerprint density at radius 3 is 2.47 bits per heavy atom. The van der Waals surface area contributed by atoms with E-state index in [1.807, 2.05) is 6.07 Å². The van der Waals surface area contributed by atoms with Crippen LogP contribution in [-0.4, -0.2) is 22.8 Å². The first-order valence-corrected chi connectivity index (χ1v) is 5.99. The van der Waals surface area contributed by atoms with Crippen LogP contribution in [0.25, 0.3) is 0 Å². The van der Waals surface area contributed by atoms with Crippen molar-refractivity contribution < 1.29 is 19.2 Å². The molecule has 0 unspecified atom stereocenters. The maximum atomic E-state index is 11.7. The molecule has 0 atom stereocenters. The summed E-state index contributed by atoms with van der Waals surface area (Å²) in [5.74, 6) is -1.66. The van der Waals surface area contributed by atoms with Crippen LogP contribution in [0.3, 0.4) is 0 Å². The van der Waals surface area contributed by atoms with Crippen LogP contribution in [0.2, 0.25) is 0 Å². The lowest BCUT2D eigenvalue weighted by Crippen LogP contribution is -2.32. The lowest BCUT2D eigenvalue weighted by atomic mass is 10.2. The molecule has 0 spiro atoms. The number of rotatable bonds is 2. The molecule has 0 aliphatic carbocycles. The van der Waals surface area contributed by atoms with E-state index in [1.165, 1.54) is 0 Å². The topological polar surface area (TPSA) is 63.7 Å². The molecule has 2 rings (SSSR count). The number of hydrogen-bond acceptors (Lipinski definition) is 4. The first kappa shape index (κ1) is 12.0. The highest BCUT2D eigenvalue weighted by molar-refractivity contribution is 14.1. The number of carbonyl (C=O) groups is 3. The first-order valence-electron chi connectivity index (χ1n) is 4.91. The third-order valence-corrected chi connectivity index (χ3v) is 2.91. The highest BCUT2D eigenvalue weighted by Crippen LogP contribution is 2.15. The maximum Gasteiger partial charge on any atom is 0.363 e. The average molecular weight is 341 g/mol. The Hall–Kier alpha value is -1.44. The number of imide groups is 1. The molecule has 1 aliphatic heterocycles. The number of amides is 2. The molecule has 1 aromatic carbocycles.